The van der Waals surface area contributed by atoms with E-state index >= 15 is 0 Å². The molecule has 2 fully saturated rings. The molecule has 1 saturated heterocycles. The summed E-state index contributed by atoms with van der Waals surface area (Å²) in [6, 6.07) is 8.18. The van der Waals surface area contributed by atoms with Crippen LogP contribution in [-0.2, 0) is 23.6 Å². The third kappa shape index (κ3) is 2.56. The number of benzene rings is 1. The minimum atomic E-state index is -3.78. The Morgan fingerprint density at radius 2 is 1.69 bits per heavy atom. The maximum Gasteiger partial charge on any atom is 0.349 e. The molecule has 26 heavy (non-hydrogen) atoms. The van der Waals surface area contributed by atoms with Crippen molar-refractivity contribution in [2.24, 2.45) is 17.8 Å². The molecule has 5 unspecified atom stereocenters. The number of hydrogen-bond donors (Lipinski definition) is 0. The van der Waals surface area contributed by atoms with E-state index in [-0.39, 0.29) is 41.9 Å². The summed E-state index contributed by atoms with van der Waals surface area (Å²) in [4.78, 5) is 0.217. The summed E-state index contributed by atoms with van der Waals surface area (Å²) in [6.45, 7) is 3.93. The van der Waals surface area contributed by atoms with Crippen LogP contribution in [0.5, 0.6) is 0 Å². The van der Waals surface area contributed by atoms with Crippen molar-refractivity contribution in [2.75, 3.05) is 13.2 Å². The normalized spacial score (nSPS) is 33.2. The number of allylic oxidation sites excluding steroid dienone is 1. The highest BCUT2D eigenvalue weighted by atomic mass is 32.2. The molecule has 3 aliphatic rings. The fourth-order valence-corrected chi connectivity index (χ4v) is 9.61. The van der Waals surface area contributed by atoms with Crippen LogP contribution in [0.3, 0.4) is 0 Å². The van der Waals surface area contributed by atoms with E-state index in [1.54, 1.807) is 44.2 Å². The van der Waals surface area contributed by atoms with Crippen molar-refractivity contribution >= 4 is 17.6 Å². The lowest BCUT2D eigenvalue weighted by Crippen LogP contribution is -2.66. The second kappa shape index (κ2) is 6.57. The van der Waals surface area contributed by atoms with Gasteiger partial charge in [0.25, 0.3) is 0 Å². The summed E-state index contributed by atoms with van der Waals surface area (Å²) in [6.07, 6.45) is 5.14. The van der Waals surface area contributed by atoms with Gasteiger partial charge in [-0.05, 0) is 44.2 Å². The summed E-state index contributed by atoms with van der Waals surface area (Å²) in [5, 5.41) is 0. The Morgan fingerprint density at radius 3 is 2.31 bits per heavy atom. The molecule has 0 radical (unpaired) electrons. The number of hydrogen-bond acceptors (Lipinski definition) is 5. The van der Waals surface area contributed by atoms with Gasteiger partial charge in [-0.25, -0.2) is 8.42 Å². The van der Waals surface area contributed by atoms with Gasteiger partial charge in [-0.3, -0.25) is 4.57 Å². The van der Waals surface area contributed by atoms with Crippen molar-refractivity contribution < 1.29 is 22.0 Å². The summed E-state index contributed by atoms with van der Waals surface area (Å²) < 4.78 is 52.8. The minimum Gasteiger partial charge on any atom is -0.308 e. The van der Waals surface area contributed by atoms with E-state index in [0.717, 1.165) is 6.42 Å². The molecule has 1 aromatic rings. The third-order valence-electron chi connectivity index (χ3n) is 5.64. The molecule has 1 heterocycles. The molecule has 4 rings (SSSR count). The van der Waals surface area contributed by atoms with E-state index in [0.29, 0.717) is 0 Å². The summed E-state index contributed by atoms with van der Waals surface area (Å²) in [5.74, 6) is -0.340. The van der Waals surface area contributed by atoms with Crippen LogP contribution in [-0.4, -0.2) is 37.8 Å². The van der Waals surface area contributed by atoms with Crippen molar-refractivity contribution in [1.82, 2.24) is 4.31 Å². The van der Waals surface area contributed by atoms with Crippen LogP contribution in [0.25, 0.3) is 0 Å². The van der Waals surface area contributed by atoms with Gasteiger partial charge in [0, 0.05) is 12.0 Å². The van der Waals surface area contributed by atoms with E-state index in [1.807, 2.05) is 0 Å². The third-order valence-corrected chi connectivity index (χ3v) is 10.2. The van der Waals surface area contributed by atoms with Gasteiger partial charge in [0.2, 0.25) is 10.0 Å². The molecule has 0 N–H and O–H groups in total. The second-order valence-corrected chi connectivity index (χ2v) is 10.9. The van der Waals surface area contributed by atoms with Gasteiger partial charge in [-0.2, -0.15) is 4.31 Å². The van der Waals surface area contributed by atoms with E-state index in [2.05, 4.69) is 12.2 Å². The van der Waals surface area contributed by atoms with E-state index in [1.165, 1.54) is 4.31 Å². The van der Waals surface area contributed by atoms with Crippen LogP contribution in [0.4, 0.5) is 0 Å². The largest absolute Gasteiger partial charge is 0.349 e. The van der Waals surface area contributed by atoms with Crippen LogP contribution >= 0.6 is 7.60 Å². The first kappa shape index (κ1) is 18.4. The Labute approximate surface area is 154 Å². The van der Waals surface area contributed by atoms with Crippen LogP contribution in [0.1, 0.15) is 20.3 Å². The molecule has 6 nitrogen and oxygen atoms in total. The molecule has 0 amide bonds. The molecule has 1 aromatic carbocycles. The van der Waals surface area contributed by atoms with Crippen LogP contribution < -0.4 is 0 Å². The average Bonchev–Trinajstić information content (AvgIpc) is 3.13. The highest BCUT2D eigenvalue weighted by Gasteiger charge is 2.69. The minimum absolute atomic E-state index is 0.00702. The predicted octanol–water partition coefficient (Wildman–Crippen LogP) is 3.47. The summed E-state index contributed by atoms with van der Waals surface area (Å²) in [5.41, 5.74) is 0. The summed E-state index contributed by atoms with van der Waals surface area (Å²) >= 11 is 0. The quantitative estimate of drug-likeness (QED) is 0.520. The van der Waals surface area contributed by atoms with E-state index in [4.69, 9.17) is 9.05 Å². The SMILES string of the molecule is CCOP(=O)(OCC)C1C2C3C=CC(C3)C2N1S(=O)(=O)c1ccccc1. The molecule has 2 aliphatic carbocycles. The standard InChI is InChI=1S/C18H24NO5PS/c1-3-23-25(20,24-4-2)18-16-13-10-11-14(12-13)17(16)19(18)26(21,22)15-8-6-5-7-9-15/h5-11,13-14,16-18H,3-4,12H2,1-2H3. The van der Waals surface area contributed by atoms with Crippen molar-refractivity contribution in [1.29, 1.82) is 0 Å². The van der Waals surface area contributed by atoms with Crippen LogP contribution in [0, 0.1) is 17.8 Å². The number of sulfonamides is 1. The lowest BCUT2D eigenvalue weighted by Gasteiger charge is -2.55. The molecule has 2 bridgehead atoms. The lowest BCUT2D eigenvalue weighted by atomic mass is 9.82. The van der Waals surface area contributed by atoms with Gasteiger partial charge in [-0.15, -0.1) is 0 Å². The van der Waals surface area contributed by atoms with Gasteiger partial charge >= 0.3 is 7.60 Å². The second-order valence-electron chi connectivity index (χ2n) is 6.95. The monoisotopic (exact) mass is 397 g/mol. The first-order chi connectivity index (χ1) is 12.4. The molecule has 142 valence electrons. The fourth-order valence-electron chi connectivity index (χ4n) is 4.75. The molecule has 0 spiro atoms. The van der Waals surface area contributed by atoms with Gasteiger partial charge in [0.05, 0.1) is 18.1 Å². The topological polar surface area (TPSA) is 72.9 Å². The van der Waals surface area contributed by atoms with Crippen molar-refractivity contribution in [3.05, 3.63) is 42.5 Å². The van der Waals surface area contributed by atoms with Crippen molar-refractivity contribution in [3.63, 3.8) is 0 Å². The zero-order valence-corrected chi connectivity index (χ0v) is 16.6. The molecule has 8 heteroatoms. The average molecular weight is 397 g/mol. The highest BCUT2D eigenvalue weighted by molar-refractivity contribution is 7.89. The Balaban J connectivity index is 1.78. The van der Waals surface area contributed by atoms with Gasteiger partial charge < -0.3 is 9.05 Å². The van der Waals surface area contributed by atoms with Gasteiger partial charge in [-0.1, -0.05) is 30.4 Å². The first-order valence-electron chi connectivity index (χ1n) is 9.09. The first-order valence-corrected chi connectivity index (χ1v) is 12.1. The number of nitrogens with zero attached hydrogens (tertiary/aromatic N) is 1. The van der Waals surface area contributed by atoms with Crippen LogP contribution in [0.15, 0.2) is 47.4 Å². The Morgan fingerprint density at radius 1 is 1.08 bits per heavy atom. The van der Waals surface area contributed by atoms with Gasteiger partial charge in [0.15, 0.2) is 0 Å². The zero-order chi connectivity index (χ0) is 18.5. The molecule has 1 saturated carbocycles. The summed E-state index contributed by atoms with van der Waals surface area (Å²) in [7, 11) is -7.36. The molecular formula is C18H24NO5PS. The van der Waals surface area contributed by atoms with Crippen molar-refractivity contribution in [3.8, 4) is 0 Å². The van der Waals surface area contributed by atoms with E-state index < -0.39 is 23.4 Å². The van der Waals surface area contributed by atoms with Crippen LogP contribution in [0.2, 0.25) is 0 Å². The number of fused-ring (bicyclic) bond motifs is 5. The molecule has 0 aromatic heterocycles. The fraction of sp³-hybridized carbons (Fsp3) is 0.556. The zero-order valence-electron chi connectivity index (χ0n) is 14.9. The number of rotatable bonds is 7. The predicted molar refractivity (Wildman–Crippen MR) is 98.1 cm³/mol. The lowest BCUT2D eigenvalue weighted by molar-refractivity contribution is 0.0344. The van der Waals surface area contributed by atoms with Crippen molar-refractivity contribution in [2.45, 2.75) is 37.0 Å². The van der Waals surface area contributed by atoms with E-state index in [9.17, 15) is 13.0 Å². The molecule has 1 aliphatic heterocycles. The Hall–Kier alpha value is -0.980. The van der Waals surface area contributed by atoms with Gasteiger partial charge in [0.1, 0.15) is 5.78 Å². The maximum absolute atomic E-state index is 13.5. The molecule has 5 atom stereocenters. The Bertz CT molecular complexity index is 846. The highest BCUT2D eigenvalue weighted by Crippen LogP contribution is 2.69. The molecular weight excluding hydrogens is 373 g/mol. The smallest absolute Gasteiger partial charge is 0.308 e. The maximum atomic E-state index is 13.5. The Kier molecular flexibility index (Phi) is 4.65.